The van der Waals surface area contributed by atoms with E-state index in [4.69, 9.17) is 4.74 Å². The summed E-state index contributed by atoms with van der Waals surface area (Å²) in [5.41, 5.74) is -0.209. The summed E-state index contributed by atoms with van der Waals surface area (Å²) >= 11 is 0. The third-order valence-electron chi connectivity index (χ3n) is 7.58. The number of hydrogen-bond acceptors (Lipinski definition) is 3. The number of nitrogens with zero attached hydrogens (tertiary/aromatic N) is 2. The number of amides is 1. The quantitative estimate of drug-likeness (QED) is 0.295. The van der Waals surface area contributed by atoms with Gasteiger partial charge in [0.25, 0.3) is 0 Å². The molecule has 4 nitrogen and oxygen atoms in total. The Morgan fingerprint density at radius 3 is 2.17 bits per heavy atom. The average molecular weight is 579 g/mol. The van der Waals surface area contributed by atoms with Gasteiger partial charge in [0.1, 0.15) is 5.82 Å². The molecule has 0 radical (unpaired) electrons. The van der Waals surface area contributed by atoms with E-state index in [0.717, 1.165) is 16.8 Å². The number of aromatic nitrogens is 1. The van der Waals surface area contributed by atoms with Crippen molar-refractivity contribution in [1.29, 1.82) is 0 Å². The first-order valence-electron chi connectivity index (χ1n) is 12.8. The van der Waals surface area contributed by atoms with Gasteiger partial charge >= 0.3 is 12.4 Å². The molecule has 0 aliphatic carbocycles. The van der Waals surface area contributed by atoms with Crippen molar-refractivity contribution in [2.45, 2.75) is 56.8 Å². The SMILES string of the molecule is Cc1cc(C2=CC(=O)N3C[C@H](O[C@H](C)c4cc(C(F)(F)F)cc(C(F)(F)F)c4)C(c4ccc(F)cc4)[C@@H]3C2)ccn1. The Balaban J connectivity index is 1.50. The highest BCUT2D eigenvalue weighted by Crippen LogP contribution is 2.45. The van der Waals surface area contributed by atoms with Crippen LogP contribution < -0.4 is 0 Å². The zero-order valence-electron chi connectivity index (χ0n) is 21.9. The summed E-state index contributed by atoms with van der Waals surface area (Å²) in [5.74, 6) is -1.30. The van der Waals surface area contributed by atoms with Crippen LogP contribution >= 0.6 is 0 Å². The van der Waals surface area contributed by atoms with Crippen molar-refractivity contribution in [3.63, 3.8) is 0 Å². The van der Waals surface area contributed by atoms with E-state index in [-0.39, 0.29) is 24.1 Å². The van der Waals surface area contributed by atoms with E-state index in [1.807, 2.05) is 13.0 Å². The van der Waals surface area contributed by atoms with Gasteiger partial charge in [0, 0.05) is 36.5 Å². The number of alkyl halides is 6. The molecule has 0 spiro atoms. The average Bonchev–Trinajstić information content (AvgIpc) is 3.26. The van der Waals surface area contributed by atoms with Crippen molar-refractivity contribution in [3.8, 4) is 0 Å². The fraction of sp³-hybridized carbons (Fsp3) is 0.333. The van der Waals surface area contributed by atoms with Gasteiger partial charge < -0.3 is 9.64 Å². The van der Waals surface area contributed by atoms with E-state index >= 15 is 0 Å². The number of fused-ring (bicyclic) bond motifs is 1. The molecule has 1 saturated heterocycles. The van der Waals surface area contributed by atoms with E-state index < -0.39 is 53.5 Å². The van der Waals surface area contributed by atoms with E-state index in [0.29, 0.717) is 24.1 Å². The lowest BCUT2D eigenvalue weighted by Gasteiger charge is -2.33. The molecule has 41 heavy (non-hydrogen) atoms. The van der Waals surface area contributed by atoms with Crippen LogP contribution in [0.2, 0.25) is 0 Å². The van der Waals surface area contributed by atoms with Crippen molar-refractivity contribution in [1.82, 2.24) is 9.88 Å². The summed E-state index contributed by atoms with van der Waals surface area (Å²) in [7, 11) is 0. The molecule has 1 fully saturated rings. The molecule has 2 aromatic carbocycles. The Morgan fingerprint density at radius 1 is 0.951 bits per heavy atom. The highest BCUT2D eigenvalue weighted by molar-refractivity contribution is 5.98. The molecule has 1 amide bonds. The number of ether oxygens (including phenoxy) is 1. The second kappa shape index (κ2) is 10.6. The maximum absolute atomic E-state index is 13.8. The lowest BCUT2D eigenvalue weighted by atomic mass is 9.83. The maximum atomic E-state index is 13.8. The molecule has 0 saturated carbocycles. The molecule has 3 heterocycles. The van der Waals surface area contributed by atoms with Crippen molar-refractivity contribution >= 4 is 11.5 Å². The monoisotopic (exact) mass is 578 g/mol. The fourth-order valence-corrected chi connectivity index (χ4v) is 5.64. The van der Waals surface area contributed by atoms with E-state index in [2.05, 4.69) is 4.98 Å². The number of carbonyl (C=O) groups excluding carboxylic acids is 1. The molecule has 2 aliphatic rings. The van der Waals surface area contributed by atoms with Crippen LogP contribution in [0.25, 0.3) is 5.57 Å². The normalized spacial score (nSPS) is 22.0. The lowest BCUT2D eigenvalue weighted by molar-refractivity contribution is -0.143. The number of halogens is 7. The van der Waals surface area contributed by atoms with Crippen LogP contribution in [0.15, 0.2) is 66.9 Å². The number of carbonyl (C=O) groups is 1. The van der Waals surface area contributed by atoms with Crippen molar-refractivity contribution in [3.05, 3.63) is 106 Å². The third-order valence-corrected chi connectivity index (χ3v) is 7.58. The van der Waals surface area contributed by atoms with Crippen LogP contribution in [-0.2, 0) is 21.9 Å². The molecule has 0 N–H and O–H groups in total. The zero-order valence-corrected chi connectivity index (χ0v) is 21.9. The third kappa shape index (κ3) is 6.00. The van der Waals surface area contributed by atoms with Crippen LogP contribution in [0.4, 0.5) is 30.7 Å². The standard InChI is InChI=1S/C30H25F7N2O2/c1-16-9-19(7-8-38-16)21-12-25-28(18-3-5-24(31)6-4-18)26(15-39(25)27(40)13-21)41-17(2)20-10-22(29(32,33)34)14-23(11-20)30(35,36)37/h3-11,13-14,17,25-26,28H,12,15H2,1-2H3/t17-,25+,26+,28?/m1/s1. The Labute approximate surface area is 231 Å². The zero-order chi connectivity index (χ0) is 29.7. The summed E-state index contributed by atoms with van der Waals surface area (Å²) in [6, 6.07) is 10.2. The van der Waals surface area contributed by atoms with Gasteiger partial charge in [0.2, 0.25) is 5.91 Å². The molecule has 0 bridgehead atoms. The molecular formula is C30H25F7N2O2. The highest BCUT2D eigenvalue weighted by atomic mass is 19.4. The summed E-state index contributed by atoms with van der Waals surface area (Å²) in [5, 5.41) is 0. The van der Waals surface area contributed by atoms with Gasteiger partial charge in [-0.1, -0.05) is 12.1 Å². The predicted molar refractivity (Wildman–Crippen MR) is 136 cm³/mol. The lowest BCUT2D eigenvalue weighted by Crippen LogP contribution is -2.39. The van der Waals surface area contributed by atoms with Crippen LogP contribution in [0.1, 0.15) is 58.9 Å². The molecule has 2 aliphatic heterocycles. The van der Waals surface area contributed by atoms with Gasteiger partial charge in [-0.05, 0) is 85.0 Å². The van der Waals surface area contributed by atoms with Crippen LogP contribution in [0.5, 0.6) is 0 Å². The molecule has 1 aromatic heterocycles. The van der Waals surface area contributed by atoms with Gasteiger partial charge in [-0.3, -0.25) is 9.78 Å². The van der Waals surface area contributed by atoms with Gasteiger partial charge in [-0.25, -0.2) is 4.39 Å². The Kier molecular flexibility index (Phi) is 7.44. The van der Waals surface area contributed by atoms with Gasteiger partial charge in [0.15, 0.2) is 0 Å². The van der Waals surface area contributed by atoms with E-state index in [1.165, 1.54) is 25.1 Å². The van der Waals surface area contributed by atoms with Crippen LogP contribution in [0, 0.1) is 12.7 Å². The smallest absolute Gasteiger partial charge is 0.368 e. The summed E-state index contributed by atoms with van der Waals surface area (Å²) in [6.07, 6.45) is -8.42. The summed E-state index contributed by atoms with van der Waals surface area (Å²) in [6.45, 7) is 3.25. The molecule has 5 rings (SSSR count). The van der Waals surface area contributed by atoms with E-state index in [1.54, 1.807) is 29.3 Å². The fourth-order valence-electron chi connectivity index (χ4n) is 5.64. The van der Waals surface area contributed by atoms with Gasteiger partial charge in [-0.15, -0.1) is 0 Å². The van der Waals surface area contributed by atoms with Crippen molar-refractivity contribution in [2.24, 2.45) is 0 Å². The number of hydrogen-bond donors (Lipinski definition) is 0. The molecular weight excluding hydrogens is 553 g/mol. The highest BCUT2D eigenvalue weighted by Gasteiger charge is 2.48. The minimum absolute atomic E-state index is 0.0557. The molecule has 11 heteroatoms. The number of pyridine rings is 1. The van der Waals surface area contributed by atoms with Gasteiger partial charge in [-0.2, -0.15) is 26.3 Å². The number of rotatable bonds is 5. The van der Waals surface area contributed by atoms with Gasteiger partial charge in [0.05, 0.1) is 23.3 Å². The second-order valence-corrected chi connectivity index (χ2v) is 10.4. The second-order valence-electron chi connectivity index (χ2n) is 10.4. The maximum Gasteiger partial charge on any atom is 0.416 e. The molecule has 4 atom stereocenters. The Hall–Kier alpha value is -3.73. The minimum atomic E-state index is -5.00. The van der Waals surface area contributed by atoms with Crippen LogP contribution in [-0.4, -0.2) is 34.5 Å². The summed E-state index contributed by atoms with van der Waals surface area (Å²) in [4.78, 5) is 19.0. The first-order valence-corrected chi connectivity index (χ1v) is 12.8. The number of aryl methyl sites for hydroxylation is 1. The Bertz CT molecular complexity index is 1450. The molecule has 1 unspecified atom stereocenters. The first kappa shape index (κ1) is 28.8. The van der Waals surface area contributed by atoms with Crippen LogP contribution in [0.3, 0.4) is 0 Å². The molecule has 3 aromatic rings. The van der Waals surface area contributed by atoms with E-state index in [9.17, 15) is 35.5 Å². The number of benzene rings is 2. The topological polar surface area (TPSA) is 42.4 Å². The summed E-state index contributed by atoms with van der Waals surface area (Å²) < 4.78 is 101. The van der Waals surface area contributed by atoms with Crippen molar-refractivity contribution < 1.29 is 40.3 Å². The first-order chi connectivity index (χ1) is 19.2. The largest absolute Gasteiger partial charge is 0.416 e. The predicted octanol–water partition coefficient (Wildman–Crippen LogP) is 7.49. The molecule has 216 valence electrons. The minimum Gasteiger partial charge on any atom is -0.368 e. The Morgan fingerprint density at radius 2 is 1.59 bits per heavy atom. The van der Waals surface area contributed by atoms with Crippen molar-refractivity contribution in [2.75, 3.05) is 6.54 Å².